The first-order valence-corrected chi connectivity index (χ1v) is 4.34. The molecule has 14 heavy (non-hydrogen) atoms. The van der Waals surface area contributed by atoms with Crippen molar-refractivity contribution < 1.29 is 4.39 Å². The molecule has 1 aromatic rings. The van der Waals surface area contributed by atoms with Crippen molar-refractivity contribution in [3.63, 3.8) is 0 Å². The van der Waals surface area contributed by atoms with Gasteiger partial charge in [0, 0.05) is 16.6 Å². The third-order valence-corrected chi connectivity index (χ3v) is 2.02. The summed E-state index contributed by atoms with van der Waals surface area (Å²) in [7, 11) is 0. The van der Waals surface area contributed by atoms with Crippen molar-refractivity contribution in [1.29, 1.82) is 0 Å². The van der Waals surface area contributed by atoms with E-state index in [4.69, 9.17) is 17.3 Å². The molecule has 0 spiro atoms. The van der Waals surface area contributed by atoms with Crippen LogP contribution in [0.3, 0.4) is 0 Å². The maximum atomic E-state index is 13.2. The van der Waals surface area contributed by atoms with E-state index < -0.39 is 0 Å². The van der Waals surface area contributed by atoms with Crippen LogP contribution in [0.15, 0.2) is 30.9 Å². The molecule has 0 saturated carbocycles. The van der Waals surface area contributed by atoms with Crippen molar-refractivity contribution in [3.8, 4) is 0 Å². The Morgan fingerprint density at radius 1 is 1.57 bits per heavy atom. The molecule has 0 aliphatic heterocycles. The summed E-state index contributed by atoms with van der Waals surface area (Å²) < 4.78 is 13.2. The van der Waals surface area contributed by atoms with Crippen LogP contribution in [0.1, 0.15) is 18.0 Å². The van der Waals surface area contributed by atoms with E-state index in [1.807, 2.05) is 0 Å². The molecule has 0 unspecified atom stereocenters. The first-order valence-electron chi connectivity index (χ1n) is 3.96. The van der Waals surface area contributed by atoms with Crippen LogP contribution in [-0.2, 0) is 0 Å². The average Bonchev–Trinajstić information content (AvgIpc) is 2.04. The van der Waals surface area contributed by atoms with Gasteiger partial charge < -0.3 is 5.73 Å². The van der Waals surface area contributed by atoms with Crippen LogP contribution in [-0.4, -0.2) is 0 Å². The first kappa shape index (κ1) is 13.4. The van der Waals surface area contributed by atoms with E-state index in [0.717, 1.165) is 0 Å². The van der Waals surface area contributed by atoms with Gasteiger partial charge in [-0.2, -0.15) is 0 Å². The van der Waals surface area contributed by atoms with E-state index in [2.05, 4.69) is 6.58 Å². The molecule has 0 aromatic heterocycles. The molecule has 0 fully saturated rings. The van der Waals surface area contributed by atoms with Crippen molar-refractivity contribution in [2.45, 2.75) is 12.5 Å². The highest BCUT2D eigenvalue weighted by Crippen LogP contribution is 2.21. The lowest BCUT2D eigenvalue weighted by Crippen LogP contribution is -2.10. The third kappa shape index (κ3) is 3.29. The number of rotatable bonds is 3. The molecule has 4 heteroatoms. The maximum absolute atomic E-state index is 13.2. The largest absolute Gasteiger partial charge is 0.324 e. The number of nitrogens with two attached hydrogens (primary N) is 1. The predicted octanol–water partition coefficient (Wildman–Crippen LogP) is 3.48. The predicted molar refractivity (Wildman–Crippen MR) is 60.4 cm³/mol. The molecule has 0 heterocycles. The van der Waals surface area contributed by atoms with Crippen LogP contribution >= 0.6 is 24.0 Å². The normalized spacial score (nSPS) is 11.6. The van der Waals surface area contributed by atoms with Crippen molar-refractivity contribution in [3.05, 3.63) is 47.3 Å². The SMILES string of the molecule is C=CC[C@H](N)c1ccc(Cl)cc1F.Cl. The fourth-order valence-electron chi connectivity index (χ4n) is 1.11. The van der Waals surface area contributed by atoms with Crippen LogP contribution in [0.4, 0.5) is 4.39 Å². The molecule has 0 amide bonds. The van der Waals surface area contributed by atoms with Gasteiger partial charge in [-0.3, -0.25) is 0 Å². The van der Waals surface area contributed by atoms with Crippen LogP contribution in [0.25, 0.3) is 0 Å². The van der Waals surface area contributed by atoms with Crippen LogP contribution in [0, 0.1) is 5.82 Å². The Balaban J connectivity index is 0.00000169. The van der Waals surface area contributed by atoms with Crippen LogP contribution in [0.5, 0.6) is 0 Å². The fraction of sp³-hybridized carbons (Fsp3) is 0.200. The summed E-state index contributed by atoms with van der Waals surface area (Å²) in [5.41, 5.74) is 6.18. The Morgan fingerprint density at radius 2 is 2.21 bits per heavy atom. The molecule has 1 aromatic carbocycles. The smallest absolute Gasteiger partial charge is 0.129 e. The second-order valence-electron chi connectivity index (χ2n) is 2.80. The van der Waals surface area contributed by atoms with Gasteiger partial charge in [-0.15, -0.1) is 19.0 Å². The summed E-state index contributed by atoms with van der Waals surface area (Å²) in [5.74, 6) is -0.359. The lowest BCUT2D eigenvalue weighted by Gasteiger charge is -2.10. The molecular weight excluding hydrogens is 224 g/mol. The molecule has 0 radical (unpaired) electrons. The topological polar surface area (TPSA) is 26.0 Å². The molecule has 1 atom stereocenters. The number of halogens is 3. The van der Waals surface area contributed by atoms with E-state index in [1.165, 1.54) is 6.07 Å². The molecule has 78 valence electrons. The first-order chi connectivity index (χ1) is 6.15. The Bertz CT molecular complexity index is 315. The summed E-state index contributed by atoms with van der Waals surface area (Å²) in [4.78, 5) is 0. The van der Waals surface area contributed by atoms with Gasteiger partial charge in [0.2, 0.25) is 0 Å². The standard InChI is InChI=1S/C10H11ClFN.ClH/c1-2-3-10(13)8-5-4-7(11)6-9(8)12;/h2,4-6,10H,1,3,13H2;1H/t10-;/m0./s1. The van der Waals surface area contributed by atoms with Crippen LogP contribution in [0.2, 0.25) is 5.02 Å². The molecule has 0 aliphatic carbocycles. The van der Waals surface area contributed by atoms with E-state index in [9.17, 15) is 4.39 Å². The van der Waals surface area contributed by atoms with E-state index in [1.54, 1.807) is 18.2 Å². The summed E-state index contributed by atoms with van der Waals surface area (Å²) in [6.45, 7) is 3.54. The highest BCUT2D eigenvalue weighted by atomic mass is 35.5. The van der Waals surface area contributed by atoms with E-state index in [-0.39, 0.29) is 24.3 Å². The summed E-state index contributed by atoms with van der Waals surface area (Å²) in [5, 5.41) is 0.382. The van der Waals surface area contributed by atoms with Crippen molar-refractivity contribution in [2.24, 2.45) is 5.73 Å². The monoisotopic (exact) mass is 235 g/mol. The van der Waals surface area contributed by atoms with Gasteiger partial charge in [0.05, 0.1) is 0 Å². The van der Waals surface area contributed by atoms with Gasteiger partial charge in [0.1, 0.15) is 5.82 Å². The molecule has 0 saturated heterocycles. The van der Waals surface area contributed by atoms with E-state index in [0.29, 0.717) is 17.0 Å². The Labute approximate surface area is 94.2 Å². The summed E-state index contributed by atoms with van der Waals surface area (Å²) in [6.07, 6.45) is 2.22. The lowest BCUT2D eigenvalue weighted by atomic mass is 10.0. The Morgan fingerprint density at radius 3 is 2.71 bits per heavy atom. The molecule has 0 aliphatic rings. The Hall–Kier alpha value is -0.570. The second kappa shape index (κ2) is 6.02. The average molecular weight is 236 g/mol. The third-order valence-electron chi connectivity index (χ3n) is 1.78. The zero-order valence-electron chi connectivity index (χ0n) is 7.54. The van der Waals surface area contributed by atoms with Gasteiger partial charge in [0.25, 0.3) is 0 Å². The van der Waals surface area contributed by atoms with Gasteiger partial charge in [-0.1, -0.05) is 23.7 Å². The minimum Gasteiger partial charge on any atom is -0.324 e. The van der Waals surface area contributed by atoms with Gasteiger partial charge in [-0.25, -0.2) is 4.39 Å². The molecule has 0 bridgehead atoms. The van der Waals surface area contributed by atoms with Gasteiger partial charge in [-0.05, 0) is 18.6 Å². The lowest BCUT2D eigenvalue weighted by molar-refractivity contribution is 0.583. The minimum atomic E-state index is -0.359. The van der Waals surface area contributed by atoms with Gasteiger partial charge in [0.15, 0.2) is 0 Å². The van der Waals surface area contributed by atoms with Crippen molar-refractivity contribution in [1.82, 2.24) is 0 Å². The highest BCUT2D eigenvalue weighted by molar-refractivity contribution is 6.30. The highest BCUT2D eigenvalue weighted by Gasteiger charge is 2.09. The quantitative estimate of drug-likeness (QED) is 0.799. The molecule has 1 rings (SSSR count). The maximum Gasteiger partial charge on any atom is 0.129 e. The second-order valence-corrected chi connectivity index (χ2v) is 3.23. The van der Waals surface area contributed by atoms with Crippen LogP contribution < -0.4 is 5.73 Å². The molecule has 1 nitrogen and oxygen atoms in total. The van der Waals surface area contributed by atoms with Gasteiger partial charge >= 0.3 is 0 Å². The fourth-order valence-corrected chi connectivity index (χ4v) is 1.27. The Kier molecular flexibility index (Phi) is 5.77. The molecular formula is C10H12Cl2FN. The zero-order valence-corrected chi connectivity index (χ0v) is 9.11. The zero-order chi connectivity index (χ0) is 9.84. The summed E-state index contributed by atoms with van der Waals surface area (Å²) >= 11 is 5.60. The van der Waals surface area contributed by atoms with Crippen molar-refractivity contribution >= 4 is 24.0 Å². The molecule has 2 N–H and O–H groups in total. The number of hydrogen-bond acceptors (Lipinski definition) is 1. The minimum absolute atomic E-state index is 0. The number of hydrogen-bond donors (Lipinski definition) is 1. The van der Waals surface area contributed by atoms with E-state index >= 15 is 0 Å². The number of benzene rings is 1. The summed E-state index contributed by atoms with van der Waals surface area (Å²) in [6, 6.07) is 4.16. The van der Waals surface area contributed by atoms with Crippen molar-refractivity contribution in [2.75, 3.05) is 0 Å².